The fourth-order valence-corrected chi connectivity index (χ4v) is 7.68. The molecule has 15 heteroatoms. The van der Waals surface area contributed by atoms with Crippen LogP contribution in [0.2, 0.25) is 0 Å². The molecule has 0 aromatic rings. The van der Waals surface area contributed by atoms with Crippen molar-refractivity contribution in [2.45, 2.75) is 214 Å². The Hall–Kier alpha value is -3.75. The second-order valence-electron chi connectivity index (χ2n) is 18.6. The molecule has 0 unspecified atom stereocenters. The third-order valence-electron chi connectivity index (χ3n) is 11.0. The van der Waals surface area contributed by atoms with Crippen molar-refractivity contribution in [1.82, 2.24) is 31.5 Å². The van der Waals surface area contributed by atoms with Crippen LogP contribution < -0.4 is 32.3 Å². The average Bonchev–Trinajstić information content (AvgIpc) is 3.66. The van der Waals surface area contributed by atoms with E-state index >= 15 is 0 Å². The Morgan fingerprint density at radius 2 is 1.25 bits per heavy atom. The maximum Gasteiger partial charge on any atom is 0.248 e. The summed E-state index contributed by atoms with van der Waals surface area (Å²) in [5, 5.41) is 23.7. The number of hydrogen-bond donors (Lipinski definition) is 7. The summed E-state index contributed by atoms with van der Waals surface area (Å²) in [5.41, 5.74) is 4.11. The number of nitrogens with zero attached hydrogens (tertiary/aromatic N) is 1. The minimum absolute atomic E-state index is 0.0321. The van der Waals surface area contributed by atoms with E-state index in [2.05, 4.69) is 33.5 Å². The van der Waals surface area contributed by atoms with Gasteiger partial charge in [-0.15, -0.1) is 0 Å². The molecule has 0 aliphatic carbocycles. The van der Waals surface area contributed by atoms with Gasteiger partial charge in [0.1, 0.15) is 29.7 Å². The molecular weight excluding hydrogens is 767 g/mol. The van der Waals surface area contributed by atoms with Gasteiger partial charge in [0, 0.05) is 19.4 Å². The molecule has 0 radical (unpaired) electrons. The second-order valence-corrected chi connectivity index (χ2v) is 18.6. The summed E-state index contributed by atoms with van der Waals surface area (Å²) in [6, 6.07) is -4.74. The molecular formula is C45H83N7O8. The second kappa shape index (κ2) is 28.7. The Balaban J connectivity index is 2.93. The smallest absolute Gasteiger partial charge is 0.248 e. The maximum absolute atomic E-state index is 13.9. The lowest BCUT2D eigenvalue weighted by molar-refractivity contribution is -0.145. The lowest BCUT2D eigenvalue weighted by Crippen LogP contribution is -2.61. The van der Waals surface area contributed by atoms with Crippen molar-refractivity contribution >= 4 is 41.4 Å². The summed E-state index contributed by atoms with van der Waals surface area (Å²) in [4.78, 5) is 94.6. The molecule has 346 valence electrons. The summed E-state index contributed by atoms with van der Waals surface area (Å²) >= 11 is 0. The summed E-state index contributed by atoms with van der Waals surface area (Å²) in [5.74, 6) is -3.90. The Kier molecular flexibility index (Phi) is 26.0. The molecule has 15 nitrogen and oxygen atoms in total. The van der Waals surface area contributed by atoms with Gasteiger partial charge in [-0.1, -0.05) is 113 Å². The van der Waals surface area contributed by atoms with Crippen LogP contribution in [0.5, 0.6) is 0 Å². The summed E-state index contributed by atoms with van der Waals surface area (Å²) < 4.78 is 0. The van der Waals surface area contributed by atoms with Crippen LogP contribution in [0.4, 0.5) is 0 Å². The first-order chi connectivity index (χ1) is 28.2. The van der Waals surface area contributed by atoms with Crippen LogP contribution in [0, 0.1) is 17.8 Å². The van der Waals surface area contributed by atoms with E-state index in [4.69, 9.17) is 5.73 Å². The van der Waals surface area contributed by atoms with Crippen LogP contribution in [0.3, 0.4) is 0 Å². The van der Waals surface area contributed by atoms with Gasteiger partial charge in [-0.2, -0.15) is 0 Å². The maximum atomic E-state index is 13.9. The molecule has 0 saturated carbocycles. The number of likely N-dealkylation sites (tertiary alicyclic amines) is 1. The van der Waals surface area contributed by atoms with Crippen LogP contribution in [0.1, 0.15) is 178 Å². The number of carbonyl (C=O) groups excluding carboxylic acids is 7. The minimum atomic E-state index is -1.25. The molecule has 0 spiro atoms. The van der Waals surface area contributed by atoms with Crippen LogP contribution in [-0.2, 0) is 33.6 Å². The van der Waals surface area contributed by atoms with E-state index in [1.54, 1.807) is 27.7 Å². The largest absolute Gasteiger partial charge is 0.394 e. The quantitative estimate of drug-likeness (QED) is 0.0490. The number of primary amides is 1. The molecule has 0 aromatic carbocycles. The number of aliphatic hydroxyl groups excluding tert-OH is 1. The highest BCUT2D eigenvalue weighted by molar-refractivity contribution is 5.97. The molecule has 1 fully saturated rings. The molecule has 0 aromatic heterocycles. The van der Waals surface area contributed by atoms with Crippen molar-refractivity contribution in [3.63, 3.8) is 0 Å². The lowest BCUT2D eigenvalue weighted by atomic mass is 9.98. The van der Waals surface area contributed by atoms with Gasteiger partial charge in [0.25, 0.3) is 0 Å². The van der Waals surface area contributed by atoms with Crippen LogP contribution in [0.25, 0.3) is 0 Å². The van der Waals surface area contributed by atoms with Crippen molar-refractivity contribution < 1.29 is 38.7 Å². The zero-order valence-electron chi connectivity index (χ0n) is 38.6. The van der Waals surface area contributed by atoms with E-state index < -0.39 is 71.2 Å². The van der Waals surface area contributed by atoms with Crippen molar-refractivity contribution in [3.8, 4) is 0 Å². The van der Waals surface area contributed by atoms with Gasteiger partial charge in [0.2, 0.25) is 41.4 Å². The highest BCUT2D eigenvalue weighted by Gasteiger charge is 2.42. The van der Waals surface area contributed by atoms with E-state index in [1.165, 1.54) is 49.8 Å². The van der Waals surface area contributed by atoms with E-state index in [9.17, 15) is 38.7 Å². The first kappa shape index (κ1) is 54.3. The Bertz CT molecular complexity index is 1350. The zero-order chi connectivity index (χ0) is 45.4. The summed E-state index contributed by atoms with van der Waals surface area (Å²) in [6.07, 6.45) is 14.7. The van der Waals surface area contributed by atoms with E-state index in [1.807, 2.05) is 27.7 Å². The molecule has 60 heavy (non-hydrogen) atoms. The fourth-order valence-electron chi connectivity index (χ4n) is 7.68. The highest BCUT2D eigenvalue weighted by atomic mass is 16.3. The van der Waals surface area contributed by atoms with E-state index in [0.29, 0.717) is 32.2 Å². The average molecular weight is 850 g/mol. The van der Waals surface area contributed by atoms with E-state index in [0.717, 1.165) is 25.7 Å². The predicted octanol–water partition coefficient (Wildman–Crippen LogP) is 4.52. The number of amides is 7. The fraction of sp³-hybridized carbons (Fsp3) is 0.844. The van der Waals surface area contributed by atoms with Crippen LogP contribution >= 0.6 is 0 Å². The van der Waals surface area contributed by atoms with E-state index in [-0.39, 0.29) is 49.5 Å². The van der Waals surface area contributed by atoms with Crippen molar-refractivity contribution in [1.29, 1.82) is 0 Å². The molecule has 1 heterocycles. The standard InChI is InChI=1S/C45H83N7O8/c1-10-11-12-13-14-15-16-17-18-19-20-23-38(55)51-45(8,9)44(60)52-26-21-22-36(52)42(58)49-35(28-31(4)5)41(57)50-39(32(6)7)43(59)48-34(24-25-37(46)54)40(56)47-33(29-53)27-30(2)3/h30-36,39,53H,10-29H2,1-9H3,(H2,46,54)(H,47,56)(H,48,59)(H,49,58)(H,50,57)(H,51,55)/t33-,34+,35-,36-,39-/m0/s1. The van der Waals surface area contributed by atoms with Crippen molar-refractivity contribution in [2.24, 2.45) is 23.5 Å². The highest BCUT2D eigenvalue weighted by Crippen LogP contribution is 2.23. The SMILES string of the molecule is CCCCCCCCCCCCCC(=O)NC(C)(C)C(=O)N1CCC[C@H]1C(=O)N[C@@H](CC(C)C)C(=O)N[C@H](C(=O)N[C@H](CCC(N)=O)C(=O)N[C@H](CO)CC(C)C)C(C)C. The summed E-state index contributed by atoms with van der Waals surface area (Å²) in [7, 11) is 0. The van der Waals surface area contributed by atoms with Gasteiger partial charge in [0.05, 0.1) is 12.6 Å². The van der Waals surface area contributed by atoms with Gasteiger partial charge in [-0.25, -0.2) is 0 Å². The third-order valence-corrected chi connectivity index (χ3v) is 11.0. The number of carbonyl (C=O) groups is 7. The van der Waals surface area contributed by atoms with Crippen molar-refractivity contribution in [2.75, 3.05) is 13.2 Å². The molecule has 7 amide bonds. The number of unbranched alkanes of at least 4 members (excludes halogenated alkanes) is 10. The number of nitrogens with one attached hydrogen (secondary N) is 5. The van der Waals surface area contributed by atoms with Gasteiger partial charge >= 0.3 is 0 Å². The lowest BCUT2D eigenvalue weighted by Gasteiger charge is -2.34. The Labute approximate surface area is 361 Å². The monoisotopic (exact) mass is 850 g/mol. The molecule has 1 rings (SSSR count). The van der Waals surface area contributed by atoms with Gasteiger partial charge in [-0.05, 0) is 70.1 Å². The zero-order valence-corrected chi connectivity index (χ0v) is 38.6. The van der Waals surface area contributed by atoms with Gasteiger partial charge < -0.3 is 42.3 Å². The van der Waals surface area contributed by atoms with Crippen molar-refractivity contribution in [3.05, 3.63) is 0 Å². The minimum Gasteiger partial charge on any atom is -0.394 e. The molecule has 1 aliphatic heterocycles. The number of aliphatic hydroxyl groups is 1. The Morgan fingerprint density at radius 1 is 0.700 bits per heavy atom. The first-order valence-corrected chi connectivity index (χ1v) is 23.0. The molecule has 8 N–H and O–H groups in total. The normalized spacial score (nSPS) is 16.3. The molecule has 1 aliphatic rings. The topological polar surface area (TPSA) is 229 Å². The molecule has 1 saturated heterocycles. The van der Waals surface area contributed by atoms with Gasteiger partial charge in [0.15, 0.2) is 0 Å². The number of nitrogens with two attached hydrogens (primary N) is 1. The van der Waals surface area contributed by atoms with Gasteiger partial charge in [-0.3, -0.25) is 33.6 Å². The first-order valence-electron chi connectivity index (χ1n) is 23.0. The predicted molar refractivity (Wildman–Crippen MR) is 235 cm³/mol. The molecule has 0 bridgehead atoms. The third kappa shape index (κ3) is 21.2. The van der Waals surface area contributed by atoms with Crippen LogP contribution in [-0.4, -0.2) is 100 Å². The van der Waals surface area contributed by atoms with Crippen LogP contribution in [0.15, 0.2) is 0 Å². The number of hydrogen-bond acceptors (Lipinski definition) is 8. The number of rotatable bonds is 31. The molecule has 5 atom stereocenters. The Morgan fingerprint density at radius 3 is 1.77 bits per heavy atom. The summed E-state index contributed by atoms with van der Waals surface area (Å²) in [6.45, 7) is 16.7.